The van der Waals surface area contributed by atoms with Gasteiger partial charge in [-0.1, -0.05) is 23.5 Å². The van der Waals surface area contributed by atoms with Crippen LogP contribution in [0.5, 0.6) is 0 Å². The van der Waals surface area contributed by atoms with Gasteiger partial charge in [0.2, 0.25) is 5.65 Å². The molecule has 22 heavy (non-hydrogen) atoms. The molecule has 1 aliphatic rings. The van der Waals surface area contributed by atoms with Crippen LogP contribution in [0.25, 0.3) is 5.65 Å². The maximum atomic E-state index is 11.0. The molecule has 7 nitrogen and oxygen atoms in total. The van der Waals surface area contributed by atoms with E-state index in [2.05, 4.69) is 28.8 Å². The third kappa shape index (κ3) is 2.63. The van der Waals surface area contributed by atoms with Crippen molar-refractivity contribution < 1.29 is 4.92 Å². The Morgan fingerprint density at radius 3 is 2.68 bits per heavy atom. The summed E-state index contributed by atoms with van der Waals surface area (Å²) in [5.74, 6) is 0.647. The molecular weight excluding hydrogens is 282 g/mol. The summed E-state index contributed by atoms with van der Waals surface area (Å²) in [6.45, 7) is 4.62. The minimum atomic E-state index is -0.458. The van der Waals surface area contributed by atoms with Gasteiger partial charge in [0, 0.05) is 19.2 Å². The number of nitro groups is 1. The van der Waals surface area contributed by atoms with Crippen LogP contribution in [-0.4, -0.2) is 32.6 Å². The molecule has 0 aromatic carbocycles. The molecule has 0 radical (unpaired) electrons. The van der Waals surface area contributed by atoms with Gasteiger partial charge in [0.25, 0.3) is 0 Å². The predicted molar refractivity (Wildman–Crippen MR) is 84.1 cm³/mol. The Hall–Kier alpha value is -2.18. The van der Waals surface area contributed by atoms with E-state index in [9.17, 15) is 10.1 Å². The standard InChI is InChI=1S/C15H21N5O2/c1-15(2)8-6-11(7-9-15)18(3)13-5-4-12-16-10-14(20(21)22)19(12)17-13/h4-5,10-11H,6-9H2,1-3H3. The maximum Gasteiger partial charge on any atom is 0.368 e. The van der Waals surface area contributed by atoms with Gasteiger partial charge in [-0.15, -0.1) is 0 Å². The van der Waals surface area contributed by atoms with Crippen LogP contribution in [0.1, 0.15) is 39.5 Å². The molecule has 1 saturated carbocycles. The highest BCUT2D eigenvalue weighted by Crippen LogP contribution is 2.37. The van der Waals surface area contributed by atoms with E-state index in [-0.39, 0.29) is 5.82 Å². The molecule has 1 aliphatic carbocycles. The van der Waals surface area contributed by atoms with Crippen LogP contribution in [-0.2, 0) is 0 Å². The third-order valence-corrected chi connectivity index (χ3v) is 4.74. The fraction of sp³-hybridized carbons (Fsp3) is 0.600. The van der Waals surface area contributed by atoms with Crippen molar-refractivity contribution in [3.63, 3.8) is 0 Å². The van der Waals surface area contributed by atoms with Crippen LogP contribution >= 0.6 is 0 Å². The normalized spacial score (nSPS) is 18.5. The first-order valence-corrected chi connectivity index (χ1v) is 7.59. The number of nitrogens with zero attached hydrogens (tertiary/aromatic N) is 5. The van der Waals surface area contributed by atoms with Crippen LogP contribution in [0.15, 0.2) is 18.3 Å². The molecule has 2 heterocycles. The van der Waals surface area contributed by atoms with Crippen molar-refractivity contribution >= 4 is 17.3 Å². The lowest BCUT2D eigenvalue weighted by Crippen LogP contribution is -2.37. The zero-order chi connectivity index (χ0) is 15.9. The van der Waals surface area contributed by atoms with Gasteiger partial charge in [0.1, 0.15) is 6.20 Å². The second kappa shape index (κ2) is 5.23. The molecule has 2 aromatic heterocycles. The molecule has 7 heteroatoms. The summed E-state index contributed by atoms with van der Waals surface area (Å²) in [5.41, 5.74) is 0.909. The Balaban J connectivity index is 1.86. The number of rotatable bonds is 3. The fourth-order valence-electron chi connectivity index (χ4n) is 3.12. The minimum absolute atomic E-state index is 0.102. The fourth-order valence-corrected chi connectivity index (χ4v) is 3.12. The number of hydrogen-bond acceptors (Lipinski definition) is 5. The molecule has 0 aliphatic heterocycles. The van der Waals surface area contributed by atoms with E-state index >= 15 is 0 Å². The number of anilines is 1. The highest BCUT2D eigenvalue weighted by molar-refractivity contribution is 5.49. The Labute approximate surface area is 129 Å². The molecule has 3 rings (SSSR count). The summed E-state index contributed by atoms with van der Waals surface area (Å²) >= 11 is 0. The van der Waals surface area contributed by atoms with Gasteiger partial charge >= 0.3 is 5.82 Å². The molecule has 0 bridgehead atoms. The zero-order valence-corrected chi connectivity index (χ0v) is 13.2. The highest BCUT2D eigenvalue weighted by atomic mass is 16.6. The molecule has 2 aromatic rings. The van der Waals surface area contributed by atoms with Crippen molar-refractivity contribution in [2.75, 3.05) is 11.9 Å². The molecule has 0 unspecified atom stereocenters. The van der Waals surface area contributed by atoms with Crippen LogP contribution in [0, 0.1) is 15.5 Å². The van der Waals surface area contributed by atoms with Gasteiger partial charge in [-0.25, -0.2) is 4.98 Å². The van der Waals surface area contributed by atoms with Crippen LogP contribution < -0.4 is 4.90 Å². The molecule has 118 valence electrons. The SMILES string of the molecule is CN(c1ccc2ncc([N+](=O)[O-])n2n1)C1CCC(C)(C)CC1. The number of hydrogen-bond donors (Lipinski definition) is 0. The van der Waals surface area contributed by atoms with E-state index in [4.69, 9.17) is 0 Å². The second-order valence-corrected chi connectivity index (χ2v) is 6.84. The van der Waals surface area contributed by atoms with Gasteiger partial charge in [0.05, 0.1) is 0 Å². The summed E-state index contributed by atoms with van der Waals surface area (Å²) in [6.07, 6.45) is 5.87. The number of aromatic nitrogens is 3. The van der Waals surface area contributed by atoms with E-state index in [0.29, 0.717) is 17.1 Å². The first-order chi connectivity index (χ1) is 10.4. The largest absolute Gasteiger partial charge is 0.368 e. The van der Waals surface area contributed by atoms with E-state index < -0.39 is 4.92 Å². The van der Waals surface area contributed by atoms with E-state index in [0.717, 1.165) is 18.7 Å². The second-order valence-electron chi connectivity index (χ2n) is 6.84. The van der Waals surface area contributed by atoms with Gasteiger partial charge in [-0.2, -0.15) is 0 Å². The summed E-state index contributed by atoms with van der Waals surface area (Å²) in [5, 5.41) is 15.4. The Kier molecular flexibility index (Phi) is 3.50. The molecule has 0 spiro atoms. The molecule has 0 saturated heterocycles. The van der Waals surface area contributed by atoms with Gasteiger partial charge in [0.15, 0.2) is 5.82 Å². The summed E-state index contributed by atoms with van der Waals surface area (Å²) < 4.78 is 1.30. The molecule has 1 fully saturated rings. The Morgan fingerprint density at radius 1 is 1.36 bits per heavy atom. The van der Waals surface area contributed by atoms with E-state index in [1.165, 1.54) is 23.6 Å². The molecule has 0 atom stereocenters. The number of imidazole rings is 1. The monoisotopic (exact) mass is 303 g/mol. The summed E-state index contributed by atoms with van der Waals surface area (Å²) in [6, 6.07) is 4.09. The average molecular weight is 303 g/mol. The zero-order valence-electron chi connectivity index (χ0n) is 13.2. The summed E-state index contributed by atoms with van der Waals surface area (Å²) in [4.78, 5) is 16.7. The van der Waals surface area contributed by atoms with E-state index in [1.807, 2.05) is 13.1 Å². The average Bonchev–Trinajstić information content (AvgIpc) is 2.89. The van der Waals surface area contributed by atoms with Gasteiger partial charge in [-0.3, -0.25) is 0 Å². The van der Waals surface area contributed by atoms with Crippen molar-refractivity contribution in [1.29, 1.82) is 0 Å². The molecule has 0 N–H and O–H groups in total. The van der Waals surface area contributed by atoms with Gasteiger partial charge < -0.3 is 15.0 Å². The lowest BCUT2D eigenvalue weighted by atomic mass is 9.75. The molecule has 0 amide bonds. The highest BCUT2D eigenvalue weighted by Gasteiger charge is 2.30. The Morgan fingerprint density at radius 2 is 2.05 bits per heavy atom. The minimum Gasteiger partial charge on any atom is -0.358 e. The third-order valence-electron chi connectivity index (χ3n) is 4.74. The molecular formula is C15H21N5O2. The predicted octanol–water partition coefficient (Wildman–Crippen LogP) is 3.04. The topological polar surface area (TPSA) is 76.6 Å². The number of fused-ring (bicyclic) bond motifs is 1. The van der Waals surface area contributed by atoms with Crippen LogP contribution in [0.3, 0.4) is 0 Å². The lowest BCUT2D eigenvalue weighted by Gasteiger charge is -2.38. The van der Waals surface area contributed by atoms with Crippen molar-refractivity contribution in [3.05, 3.63) is 28.4 Å². The van der Waals surface area contributed by atoms with E-state index in [1.54, 1.807) is 6.07 Å². The summed E-state index contributed by atoms with van der Waals surface area (Å²) in [7, 11) is 2.01. The van der Waals surface area contributed by atoms with Crippen molar-refractivity contribution in [1.82, 2.24) is 14.6 Å². The van der Waals surface area contributed by atoms with Crippen molar-refractivity contribution in [2.45, 2.75) is 45.6 Å². The quantitative estimate of drug-likeness (QED) is 0.643. The van der Waals surface area contributed by atoms with Crippen LogP contribution in [0.4, 0.5) is 11.6 Å². The van der Waals surface area contributed by atoms with Crippen molar-refractivity contribution in [2.24, 2.45) is 5.41 Å². The Bertz CT molecular complexity index is 699. The van der Waals surface area contributed by atoms with Gasteiger partial charge in [-0.05, 0) is 42.1 Å². The first kappa shape index (κ1) is 14.7. The lowest BCUT2D eigenvalue weighted by molar-refractivity contribution is -0.391. The smallest absolute Gasteiger partial charge is 0.358 e. The first-order valence-electron chi connectivity index (χ1n) is 7.59. The van der Waals surface area contributed by atoms with Crippen molar-refractivity contribution in [3.8, 4) is 0 Å². The van der Waals surface area contributed by atoms with Crippen LogP contribution in [0.2, 0.25) is 0 Å². The maximum absolute atomic E-state index is 11.0.